The number of pyridine rings is 1. The SMILES string of the molecule is Cc1cnc(N(C)C(C)CO)c([N+](=O)[O-])c1. The molecule has 6 heteroatoms. The van der Waals surface area contributed by atoms with Gasteiger partial charge in [0, 0.05) is 19.3 Å². The molecule has 0 amide bonds. The highest BCUT2D eigenvalue weighted by atomic mass is 16.6. The summed E-state index contributed by atoms with van der Waals surface area (Å²) in [6.07, 6.45) is 1.57. The van der Waals surface area contributed by atoms with Crippen molar-refractivity contribution < 1.29 is 10.0 Å². The first-order chi connectivity index (χ1) is 7.47. The lowest BCUT2D eigenvalue weighted by Crippen LogP contribution is -2.33. The molecule has 16 heavy (non-hydrogen) atoms. The van der Waals surface area contributed by atoms with Crippen LogP contribution in [0.1, 0.15) is 12.5 Å². The fraction of sp³-hybridized carbons (Fsp3) is 0.500. The van der Waals surface area contributed by atoms with E-state index in [2.05, 4.69) is 4.98 Å². The van der Waals surface area contributed by atoms with Gasteiger partial charge in [-0.15, -0.1) is 0 Å². The third-order valence-corrected chi connectivity index (χ3v) is 2.44. The first-order valence-electron chi connectivity index (χ1n) is 4.92. The predicted molar refractivity (Wildman–Crippen MR) is 60.6 cm³/mol. The highest BCUT2D eigenvalue weighted by Gasteiger charge is 2.21. The quantitative estimate of drug-likeness (QED) is 0.613. The summed E-state index contributed by atoms with van der Waals surface area (Å²) in [5, 5.41) is 19.9. The molecule has 1 atom stereocenters. The number of nitro groups is 1. The van der Waals surface area contributed by atoms with E-state index in [1.165, 1.54) is 6.07 Å². The Morgan fingerprint density at radius 3 is 2.81 bits per heavy atom. The average molecular weight is 225 g/mol. The molecule has 0 fully saturated rings. The molecule has 0 aromatic carbocycles. The van der Waals surface area contributed by atoms with E-state index in [0.29, 0.717) is 0 Å². The second-order valence-corrected chi connectivity index (χ2v) is 3.76. The lowest BCUT2D eigenvalue weighted by Gasteiger charge is -2.23. The van der Waals surface area contributed by atoms with Gasteiger partial charge < -0.3 is 10.0 Å². The normalized spacial score (nSPS) is 12.2. The van der Waals surface area contributed by atoms with Crippen molar-refractivity contribution in [2.24, 2.45) is 0 Å². The number of anilines is 1. The highest BCUT2D eigenvalue weighted by molar-refractivity contribution is 5.58. The third-order valence-electron chi connectivity index (χ3n) is 2.44. The molecule has 1 rings (SSSR count). The van der Waals surface area contributed by atoms with Gasteiger partial charge in [0.25, 0.3) is 0 Å². The number of aliphatic hydroxyl groups excluding tert-OH is 1. The topological polar surface area (TPSA) is 79.5 Å². The van der Waals surface area contributed by atoms with Crippen LogP contribution in [0.25, 0.3) is 0 Å². The Hall–Kier alpha value is -1.69. The number of aliphatic hydroxyl groups is 1. The van der Waals surface area contributed by atoms with Gasteiger partial charge in [-0.3, -0.25) is 10.1 Å². The Morgan fingerprint density at radius 2 is 2.31 bits per heavy atom. The van der Waals surface area contributed by atoms with Crippen molar-refractivity contribution in [3.8, 4) is 0 Å². The van der Waals surface area contributed by atoms with Gasteiger partial charge in [-0.2, -0.15) is 0 Å². The van der Waals surface area contributed by atoms with Crippen LogP contribution in [0, 0.1) is 17.0 Å². The van der Waals surface area contributed by atoms with Gasteiger partial charge in [-0.1, -0.05) is 0 Å². The summed E-state index contributed by atoms with van der Waals surface area (Å²) in [4.78, 5) is 16.0. The minimum absolute atomic E-state index is 0.0391. The summed E-state index contributed by atoms with van der Waals surface area (Å²) in [5.74, 6) is 0.275. The number of aryl methyl sites for hydroxylation is 1. The summed E-state index contributed by atoms with van der Waals surface area (Å²) in [7, 11) is 1.67. The number of hydrogen-bond donors (Lipinski definition) is 1. The summed E-state index contributed by atoms with van der Waals surface area (Å²) in [5.41, 5.74) is 0.698. The van der Waals surface area contributed by atoms with Crippen LogP contribution in [0.4, 0.5) is 11.5 Å². The number of hydrogen-bond acceptors (Lipinski definition) is 5. The van der Waals surface area contributed by atoms with Crippen molar-refractivity contribution in [2.75, 3.05) is 18.6 Å². The molecule has 0 saturated heterocycles. The molecule has 0 aliphatic rings. The zero-order chi connectivity index (χ0) is 12.3. The molecule has 1 N–H and O–H groups in total. The van der Waals surface area contributed by atoms with Crippen LogP contribution in [-0.4, -0.2) is 34.7 Å². The van der Waals surface area contributed by atoms with E-state index in [4.69, 9.17) is 5.11 Å². The van der Waals surface area contributed by atoms with Gasteiger partial charge in [0.2, 0.25) is 5.82 Å². The average Bonchev–Trinajstić information content (AvgIpc) is 2.26. The maximum atomic E-state index is 10.9. The monoisotopic (exact) mass is 225 g/mol. The molecule has 0 bridgehead atoms. The summed E-state index contributed by atoms with van der Waals surface area (Å²) in [6, 6.07) is 1.26. The van der Waals surface area contributed by atoms with Crippen molar-refractivity contribution in [1.29, 1.82) is 0 Å². The summed E-state index contributed by atoms with van der Waals surface area (Å²) in [6.45, 7) is 3.44. The van der Waals surface area contributed by atoms with Crippen LogP contribution in [-0.2, 0) is 0 Å². The lowest BCUT2D eigenvalue weighted by molar-refractivity contribution is -0.384. The highest BCUT2D eigenvalue weighted by Crippen LogP contribution is 2.26. The Kier molecular flexibility index (Phi) is 3.78. The van der Waals surface area contributed by atoms with Crippen molar-refractivity contribution in [3.63, 3.8) is 0 Å². The van der Waals surface area contributed by atoms with E-state index in [1.54, 1.807) is 32.0 Å². The third kappa shape index (κ3) is 2.46. The number of nitrogens with zero attached hydrogens (tertiary/aromatic N) is 3. The van der Waals surface area contributed by atoms with Crippen LogP contribution in [0.3, 0.4) is 0 Å². The van der Waals surface area contributed by atoms with E-state index in [0.717, 1.165) is 5.56 Å². The largest absolute Gasteiger partial charge is 0.394 e. The molecule has 0 spiro atoms. The molecule has 0 saturated carbocycles. The fourth-order valence-corrected chi connectivity index (χ4v) is 1.28. The van der Waals surface area contributed by atoms with Gasteiger partial charge in [0.05, 0.1) is 17.6 Å². The maximum absolute atomic E-state index is 10.9. The lowest BCUT2D eigenvalue weighted by atomic mass is 10.2. The van der Waals surface area contributed by atoms with Gasteiger partial charge in [0.1, 0.15) is 0 Å². The molecule has 1 aromatic rings. The van der Waals surface area contributed by atoms with Crippen molar-refractivity contribution >= 4 is 11.5 Å². The van der Waals surface area contributed by atoms with E-state index in [1.807, 2.05) is 0 Å². The van der Waals surface area contributed by atoms with Crippen molar-refractivity contribution in [3.05, 3.63) is 27.9 Å². The molecule has 0 aliphatic heterocycles. The van der Waals surface area contributed by atoms with Crippen LogP contribution < -0.4 is 4.90 Å². The molecule has 0 aliphatic carbocycles. The van der Waals surface area contributed by atoms with Gasteiger partial charge in [-0.25, -0.2) is 4.98 Å². The minimum Gasteiger partial charge on any atom is -0.394 e. The second kappa shape index (κ2) is 4.89. The molecule has 1 heterocycles. The van der Waals surface area contributed by atoms with Crippen LogP contribution in [0.5, 0.6) is 0 Å². The second-order valence-electron chi connectivity index (χ2n) is 3.76. The van der Waals surface area contributed by atoms with Gasteiger partial charge >= 0.3 is 5.69 Å². The van der Waals surface area contributed by atoms with Crippen LogP contribution in [0.2, 0.25) is 0 Å². The van der Waals surface area contributed by atoms with Gasteiger partial charge in [-0.05, 0) is 19.4 Å². The Morgan fingerprint density at radius 1 is 1.69 bits per heavy atom. The number of rotatable bonds is 4. The van der Waals surface area contributed by atoms with Crippen LogP contribution in [0.15, 0.2) is 12.3 Å². The molecular formula is C10H15N3O3. The molecule has 88 valence electrons. The number of aromatic nitrogens is 1. The molecular weight excluding hydrogens is 210 g/mol. The van der Waals surface area contributed by atoms with Crippen LogP contribution >= 0.6 is 0 Å². The number of likely N-dealkylation sites (N-methyl/N-ethyl adjacent to an activating group) is 1. The zero-order valence-corrected chi connectivity index (χ0v) is 9.54. The first-order valence-corrected chi connectivity index (χ1v) is 4.92. The smallest absolute Gasteiger partial charge is 0.311 e. The first kappa shape index (κ1) is 12.4. The van der Waals surface area contributed by atoms with E-state index in [-0.39, 0.29) is 24.2 Å². The molecule has 0 radical (unpaired) electrons. The van der Waals surface area contributed by atoms with Crippen molar-refractivity contribution in [2.45, 2.75) is 19.9 Å². The van der Waals surface area contributed by atoms with E-state index < -0.39 is 4.92 Å². The van der Waals surface area contributed by atoms with E-state index >= 15 is 0 Å². The molecule has 1 unspecified atom stereocenters. The summed E-state index contributed by atoms with van der Waals surface area (Å²) >= 11 is 0. The Labute approximate surface area is 93.7 Å². The summed E-state index contributed by atoms with van der Waals surface area (Å²) < 4.78 is 0. The van der Waals surface area contributed by atoms with E-state index in [9.17, 15) is 10.1 Å². The predicted octanol–water partition coefficient (Wildman–Crippen LogP) is 1.12. The standard InChI is InChI=1S/C10H15N3O3/c1-7-4-9(13(15)16)10(11-5-7)12(3)8(2)6-14/h4-5,8,14H,6H2,1-3H3. The van der Waals surface area contributed by atoms with Crippen molar-refractivity contribution in [1.82, 2.24) is 4.98 Å². The Bertz CT molecular complexity index is 395. The zero-order valence-electron chi connectivity index (χ0n) is 9.54. The van der Waals surface area contributed by atoms with Gasteiger partial charge in [0.15, 0.2) is 0 Å². The minimum atomic E-state index is -0.462. The maximum Gasteiger partial charge on any atom is 0.311 e. The molecule has 6 nitrogen and oxygen atoms in total. The fourth-order valence-electron chi connectivity index (χ4n) is 1.28. The Balaban J connectivity index is 3.17. The molecule has 1 aromatic heterocycles.